The summed E-state index contributed by atoms with van der Waals surface area (Å²) in [7, 11) is 0.211. The predicted molar refractivity (Wildman–Crippen MR) is 179 cm³/mol. The van der Waals surface area contributed by atoms with Crippen LogP contribution in [0, 0.1) is 23.7 Å². The molecule has 5 rings (SSSR count). The molecular formula is C35H48ClN3O4S. The van der Waals surface area contributed by atoms with Crippen LogP contribution in [0.1, 0.15) is 93.1 Å². The Morgan fingerprint density at radius 3 is 2.66 bits per heavy atom. The summed E-state index contributed by atoms with van der Waals surface area (Å²) in [5.74, 6) is 2.07. The SMILES string of the molecule is CCCc1cc(Cl)ccc1C1COc2ccc3cc2N(C1)CC1CCC1C(CC(=O)NC)CCCC(C)C(C)S(=O)NC3=O. The van der Waals surface area contributed by atoms with Crippen molar-refractivity contribution in [3.8, 4) is 5.75 Å². The molecule has 0 saturated heterocycles. The van der Waals surface area contributed by atoms with E-state index >= 15 is 0 Å². The normalized spacial score (nSPS) is 29.3. The second-order valence-electron chi connectivity index (χ2n) is 13.2. The summed E-state index contributed by atoms with van der Waals surface area (Å²) in [4.78, 5) is 28.4. The van der Waals surface area contributed by atoms with Crippen LogP contribution in [0.15, 0.2) is 36.4 Å². The van der Waals surface area contributed by atoms with Gasteiger partial charge in [0.15, 0.2) is 0 Å². The van der Waals surface area contributed by atoms with Gasteiger partial charge in [-0.2, -0.15) is 0 Å². The number of nitrogens with zero attached hydrogens (tertiary/aromatic N) is 1. The van der Waals surface area contributed by atoms with Crippen molar-refractivity contribution in [3.05, 3.63) is 58.1 Å². The van der Waals surface area contributed by atoms with Gasteiger partial charge in [0.25, 0.3) is 5.91 Å². The summed E-state index contributed by atoms with van der Waals surface area (Å²) in [6, 6.07) is 11.8. The van der Waals surface area contributed by atoms with Crippen molar-refractivity contribution in [2.45, 2.75) is 83.3 Å². The smallest absolute Gasteiger partial charge is 0.263 e. The minimum Gasteiger partial charge on any atom is -0.491 e. The molecule has 2 heterocycles. The maximum absolute atomic E-state index is 13.4. The van der Waals surface area contributed by atoms with Gasteiger partial charge in [-0.25, -0.2) is 4.21 Å². The number of halogens is 1. The zero-order valence-electron chi connectivity index (χ0n) is 26.6. The monoisotopic (exact) mass is 641 g/mol. The number of anilines is 1. The van der Waals surface area contributed by atoms with Crippen molar-refractivity contribution < 1.29 is 18.5 Å². The molecule has 2 N–H and O–H groups in total. The van der Waals surface area contributed by atoms with Crippen LogP contribution in [0.5, 0.6) is 5.75 Å². The second kappa shape index (κ2) is 14.7. The largest absolute Gasteiger partial charge is 0.491 e. The lowest BCUT2D eigenvalue weighted by Gasteiger charge is -2.45. The van der Waals surface area contributed by atoms with E-state index in [4.69, 9.17) is 16.3 Å². The molecule has 2 bridgehead atoms. The van der Waals surface area contributed by atoms with Gasteiger partial charge in [-0.3, -0.25) is 14.3 Å². The topological polar surface area (TPSA) is 87.7 Å². The lowest BCUT2D eigenvalue weighted by Crippen LogP contribution is -2.43. The van der Waals surface area contributed by atoms with Crippen LogP contribution in [0.2, 0.25) is 5.02 Å². The van der Waals surface area contributed by atoms with Crippen LogP contribution in [0.4, 0.5) is 5.69 Å². The number of rotatable bonds is 5. The number of hydrogen-bond donors (Lipinski definition) is 2. The fourth-order valence-corrected chi connectivity index (χ4v) is 8.62. The Hall–Kier alpha value is -2.58. The van der Waals surface area contributed by atoms with E-state index in [9.17, 15) is 13.8 Å². The fourth-order valence-electron chi connectivity index (χ4n) is 7.38. The van der Waals surface area contributed by atoms with Crippen molar-refractivity contribution >= 4 is 40.1 Å². The molecular weight excluding hydrogens is 594 g/mol. The van der Waals surface area contributed by atoms with E-state index in [0.717, 1.165) is 74.5 Å². The Bertz CT molecular complexity index is 1370. The number of ether oxygens (including phenoxy) is 1. The number of fused-ring (bicyclic) bond motifs is 2. The molecule has 9 heteroatoms. The number of carbonyl (C=O) groups excluding carboxylic acids is 2. The minimum absolute atomic E-state index is 0.102. The van der Waals surface area contributed by atoms with Crippen molar-refractivity contribution in [1.29, 1.82) is 0 Å². The Morgan fingerprint density at radius 2 is 1.93 bits per heavy atom. The lowest BCUT2D eigenvalue weighted by atomic mass is 9.64. The molecule has 0 aromatic heterocycles. The number of nitrogens with one attached hydrogen (secondary N) is 2. The molecule has 7 atom stereocenters. The molecule has 1 saturated carbocycles. The molecule has 2 aromatic carbocycles. The average Bonchev–Trinajstić information content (AvgIpc) is 3.17. The second-order valence-corrected chi connectivity index (χ2v) is 15.1. The summed E-state index contributed by atoms with van der Waals surface area (Å²) in [6.45, 7) is 8.36. The summed E-state index contributed by atoms with van der Waals surface area (Å²) in [5, 5.41) is 3.42. The van der Waals surface area contributed by atoms with Gasteiger partial charge < -0.3 is 15.0 Å². The molecule has 0 spiro atoms. The molecule has 1 fully saturated rings. The van der Waals surface area contributed by atoms with E-state index in [1.54, 1.807) is 13.1 Å². The molecule has 7 nitrogen and oxygen atoms in total. The fraction of sp³-hybridized carbons (Fsp3) is 0.600. The highest BCUT2D eigenvalue weighted by molar-refractivity contribution is 7.84. The summed E-state index contributed by atoms with van der Waals surface area (Å²) in [5.41, 5.74) is 3.90. The number of benzene rings is 2. The van der Waals surface area contributed by atoms with E-state index in [-0.39, 0.29) is 28.9 Å². The highest BCUT2D eigenvalue weighted by Gasteiger charge is 2.40. The maximum Gasteiger partial charge on any atom is 0.263 e. The van der Waals surface area contributed by atoms with Crippen LogP contribution in [0.3, 0.4) is 0 Å². The van der Waals surface area contributed by atoms with Crippen LogP contribution in [-0.4, -0.2) is 48.0 Å². The number of carbonyl (C=O) groups is 2. The Morgan fingerprint density at radius 1 is 1.11 bits per heavy atom. The maximum atomic E-state index is 13.4. The highest BCUT2D eigenvalue weighted by Crippen LogP contribution is 2.46. The van der Waals surface area contributed by atoms with Gasteiger partial charge in [-0.05, 0) is 104 Å². The molecule has 2 aliphatic heterocycles. The van der Waals surface area contributed by atoms with Gasteiger partial charge in [0.1, 0.15) is 16.7 Å². The van der Waals surface area contributed by atoms with Crippen molar-refractivity contribution in [2.75, 3.05) is 31.6 Å². The Balaban J connectivity index is 1.52. The van der Waals surface area contributed by atoms with Gasteiger partial charge in [-0.15, -0.1) is 0 Å². The first kappa shape index (κ1) is 32.8. The quantitative estimate of drug-likeness (QED) is 0.382. The number of hydrogen-bond acceptors (Lipinski definition) is 5. The van der Waals surface area contributed by atoms with Crippen LogP contribution < -0.4 is 19.7 Å². The average molecular weight is 642 g/mol. The van der Waals surface area contributed by atoms with Crippen molar-refractivity contribution in [2.24, 2.45) is 23.7 Å². The standard InChI is InChI=1S/C35H48ClN3O4S/c1-5-7-24-16-29(36)12-14-31(24)28-20-39-19-27-10-13-30(27)25(18-34(40)37-4)9-6-8-22(2)23(3)44(42)38-35(41)26-11-15-33(43-21-28)32(39)17-26/h11-12,14-17,22-23,25,27-28,30H,5-10,13,18-21H2,1-4H3,(H,37,40)(H,38,41). The van der Waals surface area contributed by atoms with Crippen molar-refractivity contribution in [3.63, 3.8) is 0 Å². The zero-order chi connectivity index (χ0) is 31.4. The summed E-state index contributed by atoms with van der Waals surface area (Å²) >= 11 is 6.42. The molecule has 240 valence electrons. The third-order valence-electron chi connectivity index (χ3n) is 10.3. The van der Waals surface area contributed by atoms with Gasteiger partial charge >= 0.3 is 0 Å². The van der Waals surface area contributed by atoms with Gasteiger partial charge in [0.05, 0.1) is 17.5 Å². The zero-order valence-corrected chi connectivity index (χ0v) is 28.1. The first-order valence-corrected chi connectivity index (χ1v) is 18.0. The summed E-state index contributed by atoms with van der Waals surface area (Å²) in [6.07, 6.45) is 7.63. The highest BCUT2D eigenvalue weighted by atomic mass is 35.5. The van der Waals surface area contributed by atoms with Gasteiger partial charge in [-0.1, -0.05) is 44.4 Å². The van der Waals surface area contributed by atoms with E-state index in [2.05, 4.69) is 40.9 Å². The van der Waals surface area contributed by atoms with Crippen LogP contribution >= 0.6 is 11.6 Å². The van der Waals surface area contributed by atoms with Crippen LogP contribution in [-0.2, 0) is 22.2 Å². The first-order chi connectivity index (χ1) is 21.2. The number of amides is 2. The lowest BCUT2D eigenvalue weighted by molar-refractivity contribution is -0.122. The minimum atomic E-state index is -1.51. The molecule has 0 radical (unpaired) electrons. The van der Waals surface area contributed by atoms with Crippen LogP contribution in [0.25, 0.3) is 0 Å². The molecule has 2 amide bonds. The van der Waals surface area contributed by atoms with E-state index in [1.165, 1.54) is 11.1 Å². The Kier molecular flexibility index (Phi) is 10.9. The van der Waals surface area contributed by atoms with E-state index < -0.39 is 11.0 Å². The number of aryl methyl sites for hydroxylation is 1. The molecule has 1 aliphatic carbocycles. The molecule has 3 aliphatic rings. The van der Waals surface area contributed by atoms with E-state index in [1.807, 2.05) is 25.1 Å². The van der Waals surface area contributed by atoms with Gasteiger partial charge in [0.2, 0.25) is 5.91 Å². The van der Waals surface area contributed by atoms with Crippen molar-refractivity contribution in [1.82, 2.24) is 10.0 Å². The van der Waals surface area contributed by atoms with Gasteiger partial charge in [0, 0.05) is 43.1 Å². The molecule has 2 aromatic rings. The molecule has 44 heavy (non-hydrogen) atoms. The third-order valence-corrected chi connectivity index (χ3v) is 12.1. The summed E-state index contributed by atoms with van der Waals surface area (Å²) < 4.78 is 22.5. The predicted octanol–water partition coefficient (Wildman–Crippen LogP) is 6.66. The molecule has 7 unspecified atom stereocenters. The first-order valence-electron chi connectivity index (χ1n) is 16.4. The third kappa shape index (κ3) is 7.44. The van der Waals surface area contributed by atoms with E-state index in [0.29, 0.717) is 36.3 Å². The Labute approximate surface area is 270 Å².